The number of nitrogens with one attached hydrogen (secondary N) is 1. The van der Waals surface area contributed by atoms with Gasteiger partial charge in [0, 0.05) is 60.9 Å². The molecule has 1 aliphatic rings. The maximum atomic E-state index is 13.2. The normalized spacial score (nSPS) is 18.3. The van der Waals surface area contributed by atoms with Crippen LogP contribution in [0.25, 0.3) is 10.9 Å². The van der Waals surface area contributed by atoms with Crippen molar-refractivity contribution in [3.8, 4) is 0 Å². The molecule has 4 rings (SSSR count). The molecular weight excluding hydrogens is 440 g/mol. The van der Waals surface area contributed by atoms with Gasteiger partial charge >= 0.3 is 0 Å². The lowest BCUT2D eigenvalue weighted by molar-refractivity contribution is 0.0676. The Labute approximate surface area is 198 Å². The highest BCUT2D eigenvalue weighted by molar-refractivity contribution is 6.30. The van der Waals surface area contributed by atoms with Crippen LogP contribution in [0.5, 0.6) is 0 Å². The molecule has 0 aliphatic carbocycles. The van der Waals surface area contributed by atoms with E-state index < -0.39 is 6.10 Å². The Kier molecular flexibility index (Phi) is 7.02. The molecule has 3 aromatic rings. The maximum absolute atomic E-state index is 13.2. The number of halogens is 1. The van der Waals surface area contributed by atoms with E-state index in [1.807, 2.05) is 31.2 Å². The minimum absolute atomic E-state index is 0.0779. The van der Waals surface area contributed by atoms with Gasteiger partial charge < -0.3 is 19.9 Å². The fourth-order valence-corrected chi connectivity index (χ4v) is 4.59. The van der Waals surface area contributed by atoms with Crippen LogP contribution in [0.1, 0.15) is 27.6 Å². The highest BCUT2D eigenvalue weighted by Gasteiger charge is 2.38. The summed E-state index contributed by atoms with van der Waals surface area (Å²) >= 11 is 5.91. The molecule has 2 amide bonds. The number of carbonyl (C=O) groups excluding carboxylic acids is 2. The van der Waals surface area contributed by atoms with Gasteiger partial charge in [-0.05, 0) is 36.9 Å². The minimum Gasteiger partial charge on any atom is -0.390 e. The molecule has 1 fully saturated rings. The molecule has 8 heteroatoms. The van der Waals surface area contributed by atoms with Gasteiger partial charge in [-0.15, -0.1) is 0 Å². The number of aliphatic hydroxyl groups is 1. The molecule has 33 heavy (non-hydrogen) atoms. The van der Waals surface area contributed by atoms with Crippen molar-refractivity contribution < 1.29 is 14.7 Å². The predicted molar refractivity (Wildman–Crippen MR) is 130 cm³/mol. The van der Waals surface area contributed by atoms with Crippen LogP contribution in [0.4, 0.5) is 0 Å². The van der Waals surface area contributed by atoms with Crippen molar-refractivity contribution in [3.63, 3.8) is 0 Å². The molecule has 1 aliphatic heterocycles. The van der Waals surface area contributed by atoms with E-state index in [-0.39, 0.29) is 17.9 Å². The number of aromatic nitrogens is 1. The topological polar surface area (TPSA) is 79.9 Å². The number of fused-ring (bicyclic) bond motifs is 1. The number of carbonyl (C=O) groups is 2. The Morgan fingerprint density at radius 1 is 1.12 bits per heavy atom. The summed E-state index contributed by atoms with van der Waals surface area (Å²) in [4.78, 5) is 34.5. The van der Waals surface area contributed by atoms with E-state index in [2.05, 4.69) is 9.88 Å². The van der Waals surface area contributed by atoms with Crippen LogP contribution >= 0.6 is 11.6 Å². The molecule has 0 spiro atoms. The first-order valence-electron chi connectivity index (χ1n) is 11.2. The lowest BCUT2D eigenvalue weighted by atomic mass is 10.1. The first-order valence-corrected chi connectivity index (χ1v) is 11.6. The second-order valence-electron chi connectivity index (χ2n) is 8.45. The van der Waals surface area contributed by atoms with Gasteiger partial charge in [0.15, 0.2) is 0 Å². The molecule has 0 bridgehead atoms. The number of likely N-dealkylation sites (tertiary alicyclic amines) is 1. The number of nitrogens with zero attached hydrogens (tertiary/aromatic N) is 3. The fraction of sp³-hybridized carbons (Fsp3) is 0.360. The molecule has 174 valence electrons. The quantitative estimate of drug-likeness (QED) is 0.558. The summed E-state index contributed by atoms with van der Waals surface area (Å²) in [6.45, 7) is 4.58. The minimum atomic E-state index is -0.642. The Morgan fingerprint density at radius 2 is 1.85 bits per heavy atom. The van der Waals surface area contributed by atoms with Gasteiger partial charge in [0.2, 0.25) is 0 Å². The van der Waals surface area contributed by atoms with E-state index in [1.54, 1.807) is 47.3 Å². The summed E-state index contributed by atoms with van der Waals surface area (Å²) < 4.78 is 0. The zero-order chi connectivity index (χ0) is 23.5. The largest absolute Gasteiger partial charge is 0.390 e. The standard InChI is InChI=1S/C25H29ClN4O3/c1-3-29(13-12-28(2)24(32)17-8-10-18(26)11-9-17)22-15-30(16-23(22)31)25(33)20-14-27-21-7-5-4-6-19(20)21/h4-11,14,22-23,27,31H,3,12-13,15-16H2,1-2H3/t22-,23-/m1/s1. The van der Waals surface area contributed by atoms with Crippen LogP contribution in [0, 0.1) is 0 Å². The van der Waals surface area contributed by atoms with Gasteiger partial charge in [0.05, 0.1) is 17.7 Å². The Bertz CT molecular complexity index is 1130. The van der Waals surface area contributed by atoms with E-state index >= 15 is 0 Å². The summed E-state index contributed by atoms with van der Waals surface area (Å²) in [6, 6.07) is 14.4. The molecule has 2 heterocycles. The van der Waals surface area contributed by atoms with E-state index in [1.165, 1.54) is 0 Å². The SMILES string of the molecule is CCN(CCN(C)C(=O)c1ccc(Cl)cc1)[C@@H]1CN(C(=O)c2c[nH]c3ccccc23)C[C@H]1O. The second-order valence-corrected chi connectivity index (χ2v) is 8.89. The van der Waals surface area contributed by atoms with Gasteiger partial charge in [-0.25, -0.2) is 0 Å². The fourth-order valence-electron chi connectivity index (χ4n) is 4.46. The molecule has 1 aromatic heterocycles. The number of likely N-dealkylation sites (N-methyl/N-ethyl adjacent to an activating group) is 2. The number of aliphatic hydroxyl groups excluding tert-OH is 1. The number of H-pyrrole nitrogens is 1. The lowest BCUT2D eigenvalue weighted by Gasteiger charge is -2.31. The molecule has 0 radical (unpaired) electrons. The summed E-state index contributed by atoms with van der Waals surface area (Å²) in [5.74, 6) is -0.161. The molecule has 2 N–H and O–H groups in total. The molecular formula is C25H29ClN4O3. The summed E-state index contributed by atoms with van der Waals surface area (Å²) in [5.41, 5.74) is 2.12. The molecule has 0 saturated carbocycles. The van der Waals surface area contributed by atoms with Crippen molar-refractivity contribution in [2.75, 3.05) is 39.8 Å². The third kappa shape index (κ3) is 4.90. The Hall–Kier alpha value is -2.87. The van der Waals surface area contributed by atoms with Crippen LogP contribution in [0.15, 0.2) is 54.7 Å². The number of hydrogen-bond acceptors (Lipinski definition) is 4. The zero-order valence-electron chi connectivity index (χ0n) is 18.9. The number of rotatable bonds is 7. The highest BCUT2D eigenvalue weighted by Crippen LogP contribution is 2.23. The van der Waals surface area contributed by atoms with Gasteiger partial charge in [-0.2, -0.15) is 0 Å². The van der Waals surface area contributed by atoms with Crippen LogP contribution in [-0.2, 0) is 0 Å². The molecule has 0 unspecified atom stereocenters. The van der Waals surface area contributed by atoms with E-state index in [4.69, 9.17) is 11.6 Å². The maximum Gasteiger partial charge on any atom is 0.256 e. The van der Waals surface area contributed by atoms with E-state index in [9.17, 15) is 14.7 Å². The zero-order valence-corrected chi connectivity index (χ0v) is 19.6. The Morgan fingerprint density at radius 3 is 2.58 bits per heavy atom. The van der Waals surface area contributed by atoms with Crippen molar-refractivity contribution in [1.82, 2.24) is 19.7 Å². The highest BCUT2D eigenvalue weighted by atomic mass is 35.5. The third-order valence-electron chi connectivity index (χ3n) is 6.40. The Balaban J connectivity index is 1.38. The number of aromatic amines is 1. The second kappa shape index (κ2) is 9.95. The summed E-state index contributed by atoms with van der Waals surface area (Å²) in [7, 11) is 1.77. The number of amides is 2. The smallest absolute Gasteiger partial charge is 0.256 e. The molecule has 7 nitrogen and oxygen atoms in total. The van der Waals surface area contributed by atoms with Crippen molar-refractivity contribution in [1.29, 1.82) is 0 Å². The van der Waals surface area contributed by atoms with Crippen molar-refractivity contribution in [2.45, 2.75) is 19.1 Å². The van der Waals surface area contributed by atoms with Gasteiger partial charge in [-0.3, -0.25) is 14.5 Å². The monoisotopic (exact) mass is 468 g/mol. The van der Waals surface area contributed by atoms with Crippen LogP contribution in [-0.4, -0.2) is 88.5 Å². The molecule has 2 atom stereocenters. The summed E-state index contributed by atoms with van der Waals surface area (Å²) in [6.07, 6.45) is 1.10. The lowest BCUT2D eigenvalue weighted by Crippen LogP contribution is -2.47. The number of para-hydroxylation sites is 1. The van der Waals surface area contributed by atoms with Crippen molar-refractivity contribution >= 4 is 34.3 Å². The van der Waals surface area contributed by atoms with Crippen molar-refractivity contribution in [2.24, 2.45) is 0 Å². The molecule has 1 saturated heterocycles. The van der Waals surface area contributed by atoms with Gasteiger partial charge in [0.25, 0.3) is 11.8 Å². The number of hydrogen-bond donors (Lipinski definition) is 2. The van der Waals surface area contributed by atoms with Crippen LogP contribution in [0.3, 0.4) is 0 Å². The number of benzene rings is 2. The van der Waals surface area contributed by atoms with Crippen LogP contribution < -0.4 is 0 Å². The van der Waals surface area contributed by atoms with Gasteiger partial charge in [-0.1, -0.05) is 36.7 Å². The van der Waals surface area contributed by atoms with Crippen LogP contribution in [0.2, 0.25) is 5.02 Å². The van der Waals surface area contributed by atoms with E-state index in [0.717, 1.165) is 10.9 Å². The van der Waals surface area contributed by atoms with Gasteiger partial charge in [0.1, 0.15) is 0 Å². The van der Waals surface area contributed by atoms with Crippen molar-refractivity contribution in [3.05, 3.63) is 70.9 Å². The third-order valence-corrected chi connectivity index (χ3v) is 6.65. The first kappa shape index (κ1) is 23.3. The van der Waals surface area contributed by atoms with E-state index in [0.29, 0.717) is 48.9 Å². The molecule has 2 aromatic carbocycles. The average molecular weight is 469 g/mol. The predicted octanol–water partition coefficient (Wildman–Crippen LogP) is 3.10. The average Bonchev–Trinajstić information content (AvgIpc) is 3.43. The first-order chi connectivity index (χ1) is 15.9. The number of β-amino-alcohol motifs (C(OH)–C–C–N with tert-alkyl or cyclic N) is 1. The summed E-state index contributed by atoms with van der Waals surface area (Å²) in [5, 5.41) is 12.2.